The summed E-state index contributed by atoms with van der Waals surface area (Å²) in [4.78, 5) is 115. The molecule has 1 saturated carbocycles. The van der Waals surface area contributed by atoms with Crippen molar-refractivity contribution in [3.8, 4) is 49.5 Å². The van der Waals surface area contributed by atoms with Crippen molar-refractivity contribution in [2.45, 2.75) is 151 Å². The summed E-state index contributed by atoms with van der Waals surface area (Å²) in [7, 11) is 0. The van der Waals surface area contributed by atoms with Gasteiger partial charge in [-0.25, -0.2) is 5.26 Å². The van der Waals surface area contributed by atoms with Crippen LogP contribution in [0.4, 0.5) is 0 Å². The van der Waals surface area contributed by atoms with Gasteiger partial charge in [-0.15, -0.1) is 10.2 Å². The number of nitrogens with two attached hydrogens (primary N) is 1. The van der Waals surface area contributed by atoms with Crippen LogP contribution in [-0.2, 0) is 49.4 Å². The van der Waals surface area contributed by atoms with Crippen LogP contribution in [0.5, 0.6) is 17.2 Å². The number of nitrogens with zero attached hydrogens (tertiary/aromatic N) is 4. The van der Waals surface area contributed by atoms with Gasteiger partial charge in [-0.05, 0) is 85.7 Å². The zero-order valence-corrected chi connectivity index (χ0v) is 52.5. The molecule has 5 aromatic rings. The van der Waals surface area contributed by atoms with Crippen molar-refractivity contribution in [1.82, 2.24) is 46.6 Å². The van der Waals surface area contributed by atoms with E-state index in [0.29, 0.717) is 15.6 Å². The number of hydrogen-bond acceptors (Lipinski definition) is 24. The number of carbonyl (C=O) groups is 8. The Bertz CT molecular complexity index is 3510. The minimum atomic E-state index is -2.22. The van der Waals surface area contributed by atoms with Gasteiger partial charge < -0.3 is 86.8 Å². The number of amides is 8. The van der Waals surface area contributed by atoms with Crippen molar-refractivity contribution in [3.63, 3.8) is 0 Å². The van der Waals surface area contributed by atoms with Crippen molar-refractivity contribution in [3.05, 3.63) is 102 Å². The van der Waals surface area contributed by atoms with Gasteiger partial charge in [0.1, 0.15) is 52.0 Å². The van der Waals surface area contributed by atoms with Crippen molar-refractivity contribution >= 4 is 70.9 Å². The molecule has 4 fully saturated rings. The van der Waals surface area contributed by atoms with E-state index in [2.05, 4.69) is 46.2 Å². The summed E-state index contributed by atoms with van der Waals surface area (Å²) in [5.41, 5.74) is 8.92. The number of aliphatic hydroxyl groups is 6. The first-order valence-corrected chi connectivity index (χ1v) is 31.9. The number of benzene rings is 4. The molecule has 9 rings (SSSR count). The van der Waals surface area contributed by atoms with Crippen LogP contribution in [-0.4, -0.2) is 207 Å². The molecule has 13 atom stereocenters. The summed E-state index contributed by atoms with van der Waals surface area (Å²) in [6.07, 6.45) is -7.68. The molecular weight excluding hydrogens is 1270 g/mol. The van der Waals surface area contributed by atoms with E-state index in [1.165, 1.54) is 55.7 Å². The average molecular weight is 1340 g/mol. The maximum Gasteiger partial charge on any atom is 0.261 e. The highest BCUT2D eigenvalue weighted by molar-refractivity contribution is 7.90. The number of aliphatic hydroxyl groups excluding tert-OH is 6. The molecule has 504 valence electrons. The number of aromatic nitrogens is 2. The molecular formula is C62H74N10O20S2. The molecule has 30 nitrogen and oxygen atoms in total. The van der Waals surface area contributed by atoms with Crippen molar-refractivity contribution in [2.75, 3.05) is 19.6 Å². The molecule has 3 saturated heterocycles. The van der Waals surface area contributed by atoms with Gasteiger partial charge >= 0.3 is 0 Å². The molecule has 0 radical (unpaired) electrons. The van der Waals surface area contributed by atoms with Crippen molar-refractivity contribution in [1.29, 1.82) is 0 Å². The molecule has 1 aromatic heterocycles. The number of fused-ring (bicyclic) bond motifs is 2. The monoisotopic (exact) mass is 1340 g/mol. The minimum absolute atomic E-state index is 0.00392. The van der Waals surface area contributed by atoms with Gasteiger partial charge in [-0.2, -0.15) is 0 Å². The first-order chi connectivity index (χ1) is 45.0. The fourth-order valence-corrected chi connectivity index (χ4v) is 12.9. The molecule has 0 bridgehead atoms. The number of rotatable bonds is 18. The van der Waals surface area contributed by atoms with E-state index in [-0.39, 0.29) is 35.3 Å². The van der Waals surface area contributed by atoms with Crippen molar-refractivity contribution in [2.24, 2.45) is 11.7 Å². The smallest absolute Gasteiger partial charge is 0.261 e. The van der Waals surface area contributed by atoms with E-state index in [1.807, 2.05) is 48.5 Å². The van der Waals surface area contributed by atoms with Gasteiger partial charge in [-0.1, -0.05) is 88.7 Å². The Balaban J connectivity index is 0.965. The summed E-state index contributed by atoms with van der Waals surface area (Å²) in [5, 5.41) is 113. The van der Waals surface area contributed by atoms with Crippen LogP contribution >= 0.6 is 23.7 Å². The normalized spacial score (nSPS) is 25.5. The Hall–Kier alpha value is -8.41. The standard InChI is InChI=1S/C62H74N10O20S2/c1-30-28-72-52(53(30)80)58(85)64-27-38(74)24-42(65-54(81)35-11-15-37(16-12-35)60-70-69-59(93-60)36-13-9-33(10-14-36)34-17-19-41(20-18-34)89-40-6-4-3-5-7-40)55(82)66-49(31(2)73)61(86)71-29-39(75)25-43(71)56(83)67-50(57(84)68-51(62(72)87)46(78)26-48(63)79)45(77)22-32-8-21-44(76)47(23-32)90-94-92-91-88/h8-21,23,30-31,38-40,42-43,45-46,49-53,73-78,80,88H,3-7,22,24-29H2,1-2H3,(H2,63,79)(H,64,85)(H,65,81)(H,66,82)(H,67,83)(H,68,84). The number of hydrogen-bond donors (Lipinski definition) is 14. The molecule has 8 amide bonds. The maximum atomic E-state index is 14.7. The summed E-state index contributed by atoms with van der Waals surface area (Å²) in [6, 6.07) is 13.8. The highest BCUT2D eigenvalue weighted by atomic mass is 32.2. The van der Waals surface area contributed by atoms with Crippen molar-refractivity contribution < 1.29 is 97.7 Å². The van der Waals surface area contributed by atoms with Crippen LogP contribution < -0.4 is 41.2 Å². The van der Waals surface area contributed by atoms with E-state index in [1.54, 1.807) is 12.1 Å². The van der Waals surface area contributed by atoms with E-state index in [9.17, 15) is 74.1 Å². The summed E-state index contributed by atoms with van der Waals surface area (Å²) >= 11 is 1.36. The Morgan fingerprint density at radius 1 is 0.723 bits per heavy atom. The lowest BCUT2D eigenvalue weighted by molar-refractivity contribution is -0.433. The van der Waals surface area contributed by atoms with Gasteiger partial charge in [0, 0.05) is 61.5 Å². The molecule has 4 heterocycles. The Kier molecular flexibility index (Phi) is 23.6. The molecule has 15 N–H and O–H groups in total. The summed E-state index contributed by atoms with van der Waals surface area (Å²) < 4.78 is 15.5. The number of primary amides is 1. The van der Waals surface area contributed by atoms with E-state index >= 15 is 0 Å². The highest BCUT2D eigenvalue weighted by Gasteiger charge is 2.50. The second-order valence-electron chi connectivity index (χ2n) is 23.7. The number of ether oxygens (including phenoxy) is 1. The third-order valence-corrected chi connectivity index (χ3v) is 18.2. The Morgan fingerprint density at radius 2 is 1.33 bits per heavy atom. The zero-order valence-electron chi connectivity index (χ0n) is 50.9. The molecule has 0 spiro atoms. The lowest BCUT2D eigenvalue weighted by atomic mass is 9.98. The fourth-order valence-electron chi connectivity index (χ4n) is 11.8. The SMILES string of the molecule is CC(O)C1NC(=O)C(NC(=O)c2ccc(-c3nnc(-c4ccc(-c5ccc(OC6CCCCC6)cc5)cc4)s3)cc2)CC(O)CNC(=O)C2C(O)C(C)CN2C(=O)C(C(O)CC(N)=O)NC(=O)C(C(O)Cc2ccc(O)c(OSOOO)c2)NC(=O)C2CC(O)CN2C1=O. The topological polar surface area (TPSA) is 454 Å². The molecule has 3 aliphatic heterocycles. The zero-order chi connectivity index (χ0) is 67.5. The van der Waals surface area contributed by atoms with Crippen LogP contribution in [0.1, 0.15) is 81.1 Å². The first kappa shape index (κ1) is 69.9. The molecule has 4 aliphatic rings. The number of nitrogens with one attached hydrogen (secondary N) is 5. The van der Waals surface area contributed by atoms with E-state index in [0.717, 1.165) is 64.1 Å². The quantitative estimate of drug-likeness (QED) is 0.0240. The van der Waals surface area contributed by atoms with Gasteiger partial charge in [0.25, 0.3) is 18.2 Å². The molecule has 94 heavy (non-hydrogen) atoms. The lowest BCUT2D eigenvalue weighted by Gasteiger charge is -2.33. The molecule has 13 unspecified atom stereocenters. The van der Waals surface area contributed by atoms with E-state index < -0.39 is 177 Å². The number of carbonyl (C=O) groups excluding carboxylic acids is 8. The number of β-amino-alcohol motifs (C(OH)–C–C–N with tert-alkyl or cyclic N) is 1. The largest absolute Gasteiger partial charge is 0.504 e. The van der Waals surface area contributed by atoms with Crippen LogP contribution in [0.2, 0.25) is 0 Å². The van der Waals surface area contributed by atoms with Crippen LogP contribution in [0.25, 0.3) is 32.3 Å². The van der Waals surface area contributed by atoms with Crippen LogP contribution in [0.3, 0.4) is 0 Å². The maximum absolute atomic E-state index is 14.7. The lowest BCUT2D eigenvalue weighted by Crippen LogP contribution is -2.64. The second kappa shape index (κ2) is 31.7. The number of aromatic hydroxyl groups is 1. The fraction of sp³-hybridized carbons (Fsp3) is 0.452. The average Bonchev–Trinajstić information content (AvgIpc) is 1.62. The summed E-state index contributed by atoms with van der Waals surface area (Å²) in [5.74, 6) is -10.3. The predicted octanol–water partition coefficient (Wildman–Crippen LogP) is 0.143. The first-order valence-electron chi connectivity index (χ1n) is 30.4. The van der Waals surface area contributed by atoms with Gasteiger partial charge in [0.2, 0.25) is 41.4 Å². The Labute approximate surface area is 546 Å². The second-order valence-corrected chi connectivity index (χ2v) is 25.2. The van der Waals surface area contributed by atoms with Crippen LogP contribution in [0.15, 0.2) is 91.0 Å². The Morgan fingerprint density at radius 3 is 1.97 bits per heavy atom. The molecule has 32 heteroatoms. The van der Waals surface area contributed by atoms with Crippen LogP contribution in [0, 0.1) is 5.92 Å². The third kappa shape index (κ3) is 17.3. The summed E-state index contributed by atoms with van der Waals surface area (Å²) in [6.45, 7) is 0.860. The van der Waals surface area contributed by atoms with Gasteiger partial charge in [-0.3, -0.25) is 38.4 Å². The van der Waals surface area contributed by atoms with Gasteiger partial charge in [0.15, 0.2) is 11.5 Å². The number of phenolic OH excluding ortho intramolecular Hbond substituents is 1. The highest BCUT2D eigenvalue weighted by Crippen LogP contribution is 2.35. The predicted molar refractivity (Wildman–Crippen MR) is 334 cm³/mol. The molecule has 1 aliphatic carbocycles. The van der Waals surface area contributed by atoms with E-state index in [4.69, 9.17) is 19.9 Å². The minimum Gasteiger partial charge on any atom is -0.504 e. The number of phenols is 1. The molecule has 4 aromatic carbocycles. The van der Waals surface area contributed by atoms with Gasteiger partial charge in [0.05, 0.1) is 49.1 Å². The third-order valence-electron chi connectivity index (χ3n) is 16.8.